The van der Waals surface area contributed by atoms with E-state index >= 15 is 0 Å². The fourth-order valence-electron chi connectivity index (χ4n) is 1.23. The van der Waals surface area contributed by atoms with Crippen molar-refractivity contribution in [2.45, 2.75) is 13.0 Å². The quantitative estimate of drug-likeness (QED) is 0.641. The second-order valence-corrected chi connectivity index (χ2v) is 4.15. The van der Waals surface area contributed by atoms with Gasteiger partial charge in [0.2, 0.25) is 5.95 Å². The number of aromatic nitrogens is 1. The van der Waals surface area contributed by atoms with Crippen LogP contribution in [0.1, 0.15) is 18.5 Å². The van der Waals surface area contributed by atoms with Crippen molar-refractivity contribution in [1.82, 2.24) is 10.3 Å². The normalized spacial score (nSPS) is 17.6. The van der Waals surface area contributed by atoms with E-state index in [-0.39, 0.29) is 6.61 Å². The van der Waals surface area contributed by atoms with Gasteiger partial charge in [-0.1, -0.05) is 6.08 Å². The average Bonchev–Trinajstić information content (AvgIpc) is 2.70. The van der Waals surface area contributed by atoms with Gasteiger partial charge in [0.1, 0.15) is 6.61 Å². The predicted molar refractivity (Wildman–Crippen MR) is 65.0 cm³/mol. The van der Waals surface area contributed by atoms with Gasteiger partial charge in [0.05, 0.1) is 6.04 Å². The zero-order valence-electron chi connectivity index (χ0n) is 9.24. The van der Waals surface area contributed by atoms with Gasteiger partial charge in [-0.3, -0.25) is 0 Å². The Kier molecular flexibility index (Phi) is 5.09. The van der Waals surface area contributed by atoms with Gasteiger partial charge in [-0.05, 0) is 28.9 Å². The fraction of sp³-hybridized carbons (Fsp3) is 0.273. The molecule has 1 atom stereocenters. The molecule has 0 bridgehead atoms. The summed E-state index contributed by atoms with van der Waals surface area (Å²) < 4.78 is 18.5. The summed E-state index contributed by atoms with van der Waals surface area (Å²) in [7, 11) is 0. The van der Waals surface area contributed by atoms with Gasteiger partial charge in [-0.25, -0.2) is 9.78 Å². The highest BCUT2D eigenvalue weighted by molar-refractivity contribution is 9.10. The molecular formula is C11H12BrFN2O2. The molecular weight excluding hydrogens is 291 g/mol. The van der Waals surface area contributed by atoms with Crippen molar-refractivity contribution in [2.75, 3.05) is 6.61 Å². The first-order valence-electron chi connectivity index (χ1n) is 4.89. The monoisotopic (exact) mass is 302 g/mol. The molecule has 1 saturated heterocycles. The molecule has 17 heavy (non-hydrogen) atoms. The SMILES string of the molecule is C=CC.O=C1N[C@H](c2cc(Br)cnc2F)CO1. The van der Waals surface area contributed by atoms with Crippen molar-refractivity contribution >= 4 is 22.0 Å². The lowest BCUT2D eigenvalue weighted by Crippen LogP contribution is -2.19. The maximum Gasteiger partial charge on any atom is 0.407 e. The summed E-state index contributed by atoms with van der Waals surface area (Å²) in [4.78, 5) is 14.3. The zero-order valence-corrected chi connectivity index (χ0v) is 10.8. The average molecular weight is 303 g/mol. The highest BCUT2D eigenvalue weighted by atomic mass is 79.9. The number of nitrogens with one attached hydrogen (secondary N) is 1. The van der Waals surface area contributed by atoms with Crippen LogP contribution in [-0.2, 0) is 4.74 Å². The minimum absolute atomic E-state index is 0.133. The molecule has 2 rings (SSSR count). The zero-order chi connectivity index (χ0) is 12.8. The van der Waals surface area contributed by atoms with Crippen molar-refractivity contribution in [1.29, 1.82) is 0 Å². The molecule has 0 aliphatic carbocycles. The van der Waals surface area contributed by atoms with Gasteiger partial charge in [0, 0.05) is 16.2 Å². The minimum Gasteiger partial charge on any atom is -0.447 e. The second-order valence-electron chi connectivity index (χ2n) is 3.24. The molecule has 4 nitrogen and oxygen atoms in total. The van der Waals surface area contributed by atoms with Gasteiger partial charge >= 0.3 is 6.09 Å². The van der Waals surface area contributed by atoms with E-state index in [1.165, 1.54) is 6.20 Å². The number of ether oxygens (including phenoxy) is 1. The molecule has 0 saturated carbocycles. The van der Waals surface area contributed by atoms with Crippen LogP contribution in [0.15, 0.2) is 29.4 Å². The number of halogens is 2. The van der Waals surface area contributed by atoms with Gasteiger partial charge < -0.3 is 10.1 Å². The molecule has 2 heterocycles. The number of allylic oxidation sites excluding steroid dienone is 1. The summed E-state index contributed by atoms with van der Waals surface area (Å²) in [5.41, 5.74) is 0.324. The van der Waals surface area contributed by atoms with E-state index in [1.807, 2.05) is 6.92 Å². The minimum atomic E-state index is -0.594. The summed E-state index contributed by atoms with van der Waals surface area (Å²) in [5.74, 6) is -0.594. The lowest BCUT2D eigenvalue weighted by atomic mass is 10.1. The Morgan fingerprint density at radius 1 is 1.76 bits per heavy atom. The first kappa shape index (κ1) is 13.6. The summed E-state index contributed by atoms with van der Waals surface area (Å²) in [6, 6.07) is 1.12. The van der Waals surface area contributed by atoms with Gasteiger partial charge in [-0.15, -0.1) is 6.58 Å². The van der Waals surface area contributed by atoms with Crippen LogP contribution < -0.4 is 5.32 Å². The van der Waals surface area contributed by atoms with Crippen molar-refractivity contribution in [3.05, 3.63) is 40.9 Å². The number of alkyl carbamates (subject to hydrolysis) is 1. The van der Waals surface area contributed by atoms with Crippen LogP contribution in [0.3, 0.4) is 0 Å². The van der Waals surface area contributed by atoms with Crippen molar-refractivity contribution in [3.8, 4) is 0 Å². The number of nitrogens with zero attached hydrogens (tertiary/aromatic N) is 1. The smallest absolute Gasteiger partial charge is 0.407 e. The number of carbonyl (C=O) groups is 1. The molecule has 1 fully saturated rings. The molecule has 1 aliphatic rings. The van der Waals surface area contributed by atoms with Crippen molar-refractivity contribution in [3.63, 3.8) is 0 Å². The Bertz CT molecular complexity index is 426. The molecule has 1 amide bonds. The molecule has 0 spiro atoms. The third-order valence-electron chi connectivity index (χ3n) is 1.88. The lowest BCUT2D eigenvalue weighted by molar-refractivity contribution is 0.176. The van der Waals surface area contributed by atoms with Crippen LogP contribution in [0.25, 0.3) is 0 Å². The fourth-order valence-corrected chi connectivity index (χ4v) is 1.58. The summed E-state index contributed by atoms with van der Waals surface area (Å²) in [6.07, 6.45) is 2.57. The highest BCUT2D eigenvalue weighted by Gasteiger charge is 2.26. The molecule has 0 aromatic carbocycles. The molecule has 1 aliphatic heterocycles. The van der Waals surface area contributed by atoms with E-state index in [4.69, 9.17) is 0 Å². The Morgan fingerprint density at radius 3 is 2.94 bits per heavy atom. The number of amides is 1. The third-order valence-corrected chi connectivity index (χ3v) is 2.32. The Morgan fingerprint density at radius 2 is 2.41 bits per heavy atom. The molecule has 1 aromatic heterocycles. The molecule has 1 aromatic rings. The highest BCUT2D eigenvalue weighted by Crippen LogP contribution is 2.22. The lowest BCUT2D eigenvalue weighted by Gasteiger charge is -2.07. The maximum absolute atomic E-state index is 13.2. The maximum atomic E-state index is 13.2. The number of pyridine rings is 1. The van der Waals surface area contributed by atoms with E-state index in [9.17, 15) is 9.18 Å². The van der Waals surface area contributed by atoms with Crippen LogP contribution in [0.2, 0.25) is 0 Å². The molecule has 92 valence electrons. The molecule has 0 unspecified atom stereocenters. The van der Waals surface area contributed by atoms with Crippen molar-refractivity contribution in [2.24, 2.45) is 0 Å². The molecule has 0 radical (unpaired) electrons. The van der Waals surface area contributed by atoms with E-state index in [0.29, 0.717) is 10.0 Å². The Balaban J connectivity index is 0.000000437. The molecule has 1 N–H and O–H groups in total. The summed E-state index contributed by atoms with van der Waals surface area (Å²) in [6.45, 7) is 5.38. The number of carbonyl (C=O) groups excluding carboxylic acids is 1. The Labute approximate surface area is 107 Å². The van der Waals surface area contributed by atoms with Crippen LogP contribution >= 0.6 is 15.9 Å². The number of hydrogen-bond acceptors (Lipinski definition) is 3. The predicted octanol–water partition coefficient (Wildman–Crippen LogP) is 2.96. The van der Waals surface area contributed by atoms with E-state index in [1.54, 1.807) is 12.1 Å². The number of hydrogen-bond donors (Lipinski definition) is 1. The molecule has 6 heteroatoms. The van der Waals surface area contributed by atoms with Crippen LogP contribution in [0.4, 0.5) is 9.18 Å². The largest absolute Gasteiger partial charge is 0.447 e. The van der Waals surface area contributed by atoms with Gasteiger partial charge in [0.25, 0.3) is 0 Å². The van der Waals surface area contributed by atoms with E-state index in [2.05, 4.69) is 37.5 Å². The second kappa shape index (κ2) is 6.34. The van der Waals surface area contributed by atoms with E-state index in [0.717, 1.165) is 0 Å². The van der Waals surface area contributed by atoms with Crippen molar-refractivity contribution < 1.29 is 13.9 Å². The third kappa shape index (κ3) is 3.81. The summed E-state index contributed by atoms with van der Waals surface area (Å²) in [5, 5.41) is 2.48. The topological polar surface area (TPSA) is 51.2 Å². The van der Waals surface area contributed by atoms with E-state index < -0.39 is 18.1 Å². The number of cyclic esters (lactones) is 1. The van der Waals surface area contributed by atoms with Gasteiger partial charge in [0.15, 0.2) is 0 Å². The first-order valence-corrected chi connectivity index (χ1v) is 5.69. The van der Waals surface area contributed by atoms with Crippen LogP contribution in [0.5, 0.6) is 0 Å². The summed E-state index contributed by atoms with van der Waals surface area (Å²) >= 11 is 3.18. The first-order chi connectivity index (χ1) is 8.08. The van der Waals surface area contributed by atoms with Crippen LogP contribution in [0, 0.1) is 5.95 Å². The Hall–Kier alpha value is -1.43. The number of rotatable bonds is 1. The standard InChI is InChI=1S/C8H6BrFN2O2.C3H6/c9-4-1-5(7(10)11-2-4)6-3-14-8(13)12-6;1-3-2/h1-2,6H,3H2,(H,12,13);3H,1H2,2H3/t6-;/m0./s1. The van der Waals surface area contributed by atoms with Crippen LogP contribution in [-0.4, -0.2) is 17.7 Å². The van der Waals surface area contributed by atoms with Gasteiger partial charge in [-0.2, -0.15) is 4.39 Å².